The van der Waals surface area contributed by atoms with Gasteiger partial charge in [-0.1, -0.05) is 25.1 Å². The highest BCUT2D eigenvalue weighted by molar-refractivity contribution is 14.1. The minimum absolute atomic E-state index is 0.644. The highest BCUT2D eigenvalue weighted by Crippen LogP contribution is 2.35. The van der Waals surface area contributed by atoms with Crippen molar-refractivity contribution >= 4 is 34.1 Å². The van der Waals surface area contributed by atoms with Gasteiger partial charge < -0.3 is 4.90 Å². The van der Waals surface area contributed by atoms with Crippen LogP contribution in [0, 0.1) is 9.49 Å². The monoisotopic (exact) mass is 351 g/mol. The summed E-state index contributed by atoms with van der Waals surface area (Å²) in [6.07, 6.45) is 4.64. The van der Waals surface area contributed by atoms with Gasteiger partial charge in [0, 0.05) is 18.4 Å². The van der Waals surface area contributed by atoms with Gasteiger partial charge in [0.1, 0.15) is 12.1 Å². The van der Waals surface area contributed by atoms with Gasteiger partial charge in [0.2, 0.25) is 0 Å². The van der Waals surface area contributed by atoms with Gasteiger partial charge in [-0.15, -0.1) is 0 Å². The predicted molar refractivity (Wildman–Crippen MR) is 81.1 cm³/mol. The molecule has 1 unspecified atom stereocenters. The Balaban J connectivity index is 2.11. The highest BCUT2D eigenvalue weighted by Gasteiger charge is 2.24. The quantitative estimate of drug-likeness (QED) is 0.738. The number of anilines is 2. The molecule has 0 saturated carbocycles. The van der Waals surface area contributed by atoms with E-state index in [4.69, 9.17) is 0 Å². The smallest absolute Gasteiger partial charge is 0.149 e. The molecule has 18 heavy (non-hydrogen) atoms. The van der Waals surface area contributed by atoms with Crippen LogP contribution in [0.15, 0.2) is 36.8 Å². The number of halogens is 1. The van der Waals surface area contributed by atoms with Crippen LogP contribution >= 0.6 is 22.6 Å². The van der Waals surface area contributed by atoms with Gasteiger partial charge in [0.05, 0.1) is 3.57 Å². The van der Waals surface area contributed by atoms with Crippen LogP contribution < -0.4 is 4.90 Å². The third-order valence-electron chi connectivity index (χ3n) is 3.25. The molecule has 4 heteroatoms. The summed E-state index contributed by atoms with van der Waals surface area (Å²) >= 11 is 2.30. The van der Waals surface area contributed by atoms with Crippen molar-refractivity contribution in [3.8, 4) is 0 Å². The second kappa shape index (κ2) is 4.84. The van der Waals surface area contributed by atoms with Crippen molar-refractivity contribution in [2.75, 3.05) is 11.4 Å². The molecule has 0 spiro atoms. The van der Waals surface area contributed by atoms with Crippen LogP contribution in [0.1, 0.15) is 12.5 Å². The zero-order valence-corrected chi connectivity index (χ0v) is 12.3. The van der Waals surface area contributed by atoms with Crippen LogP contribution in [-0.4, -0.2) is 16.5 Å². The third-order valence-corrected chi connectivity index (χ3v) is 4.01. The van der Waals surface area contributed by atoms with Crippen LogP contribution in [0.4, 0.5) is 11.5 Å². The van der Waals surface area contributed by atoms with Gasteiger partial charge in [0.25, 0.3) is 0 Å². The topological polar surface area (TPSA) is 29.0 Å². The number of hydrogen-bond acceptors (Lipinski definition) is 3. The van der Waals surface area contributed by atoms with Crippen LogP contribution in [-0.2, 0) is 6.42 Å². The molecule has 1 aromatic heterocycles. The summed E-state index contributed by atoms with van der Waals surface area (Å²) in [5.41, 5.74) is 2.69. The number of hydrogen-bond donors (Lipinski definition) is 0. The van der Waals surface area contributed by atoms with Gasteiger partial charge >= 0.3 is 0 Å². The average molecular weight is 351 g/mol. The summed E-state index contributed by atoms with van der Waals surface area (Å²) in [6, 6.07) is 8.60. The predicted octanol–water partition coefficient (Wildman–Crippen LogP) is 3.41. The van der Waals surface area contributed by atoms with Crippen molar-refractivity contribution in [2.45, 2.75) is 13.3 Å². The molecule has 1 aliphatic rings. The highest BCUT2D eigenvalue weighted by atomic mass is 127. The van der Waals surface area contributed by atoms with E-state index in [1.165, 1.54) is 11.3 Å². The van der Waals surface area contributed by atoms with E-state index in [1.807, 2.05) is 6.20 Å². The second-order valence-corrected chi connectivity index (χ2v) is 5.91. The van der Waals surface area contributed by atoms with E-state index >= 15 is 0 Å². The normalized spacial score (nSPS) is 18.6. The zero-order chi connectivity index (χ0) is 12.5. The van der Waals surface area contributed by atoms with E-state index in [2.05, 4.69) is 68.6 Å². The van der Waals surface area contributed by atoms with E-state index in [0.29, 0.717) is 5.92 Å². The van der Waals surface area contributed by atoms with E-state index in [0.717, 1.165) is 22.4 Å². The van der Waals surface area contributed by atoms with Crippen molar-refractivity contribution in [2.24, 2.45) is 5.92 Å². The number of para-hydroxylation sites is 1. The molecule has 1 aromatic carbocycles. The fourth-order valence-corrected chi connectivity index (χ4v) is 3.09. The summed E-state index contributed by atoms with van der Waals surface area (Å²) < 4.78 is 1.10. The Bertz CT molecular complexity index is 570. The Labute approximate surface area is 120 Å². The Kier molecular flexibility index (Phi) is 3.20. The zero-order valence-electron chi connectivity index (χ0n) is 10.2. The molecule has 0 N–H and O–H groups in total. The van der Waals surface area contributed by atoms with Crippen LogP contribution in [0.2, 0.25) is 0 Å². The van der Waals surface area contributed by atoms with Crippen LogP contribution in [0.25, 0.3) is 0 Å². The molecule has 92 valence electrons. The van der Waals surface area contributed by atoms with Gasteiger partial charge in [-0.05, 0) is 46.6 Å². The van der Waals surface area contributed by atoms with Crippen LogP contribution in [0.3, 0.4) is 0 Å². The third kappa shape index (κ3) is 2.09. The van der Waals surface area contributed by atoms with Crippen molar-refractivity contribution in [3.63, 3.8) is 0 Å². The molecule has 3 rings (SSSR count). The van der Waals surface area contributed by atoms with Gasteiger partial charge in [-0.25, -0.2) is 9.97 Å². The Morgan fingerprint density at radius 2 is 2.17 bits per heavy atom. The molecule has 1 atom stereocenters. The standard InChI is InChI=1S/C14H14IN3/c1-10-6-11-4-2-3-5-13(11)18(8-10)14-12(15)7-16-9-17-14/h2-5,7,9-10H,6,8H2,1H3. The first-order chi connectivity index (χ1) is 8.75. The first-order valence-electron chi connectivity index (χ1n) is 6.06. The number of fused-ring (bicyclic) bond motifs is 1. The molecular weight excluding hydrogens is 337 g/mol. The number of aromatic nitrogens is 2. The first-order valence-corrected chi connectivity index (χ1v) is 7.14. The molecule has 0 bridgehead atoms. The molecule has 0 radical (unpaired) electrons. The molecule has 2 heterocycles. The molecule has 3 nitrogen and oxygen atoms in total. The van der Waals surface area contributed by atoms with Crippen molar-refractivity contribution < 1.29 is 0 Å². The van der Waals surface area contributed by atoms with Gasteiger partial charge in [-0.2, -0.15) is 0 Å². The summed E-state index contributed by atoms with van der Waals surface area (Å²) in [4.78, 5) is 10.8. The average Bonchev–Trinajstić information content (AvgIpc) is 2.38. The lowest BCUT2D eigenvalue weighted by atomic mass is 9.94. The maximum atomic E-state index is 4.44. The molecule has 0 saturated heterocycles. The molecular formula is C14H14IN3. The number of rotatable bonds is 1. The molecule has 2 aromatic rings. The van der Waals surface area contributed by atoms with Crippen LogP contribution in [0.5, 0.6) is 0 Å². The summed E-state index contributed by atoms with van der Waals surface area (Å²) in [6.45, 7) is 3.31. The van der Waals surface area contributed by atoms with Crippen molar-refractivity contribution in [1.29, 1.82) is 0 Å². The lowest BCUT2D eigenvalue weighted by Gasteiger charge is -2.34. The molecule has 1 aliphatic heterocycles. The van der Waals surface area contributed by atoms with Gasteiger partial charge in [-0.3, -0.25) is 0 Å². The maximum absolute atomic E-state index is 4.44. The van der Waals surface area contributed by atoms with Crippen molar-refractivity contribution in [3.05, 3.63) is 45.9 Å². The largest absolute Gasteiger partial charge is 0.325 e. The number of benzene rings is 1. The fourth-order valence-electron chi connectivity index (χ4n) is 2.50. The minimum Gasteiger partial charge on any atom is -0.325 e. The van der Waals surface area contributed by atoms with Crippen molar-refractivity contribution in [1.82, 2.24) is 9.97 Å². The Morgan fingerprint density at radius 3 is 3.00 bits per heavy atom. The van der Waals surface area contributed by atoms with E-state index in [1.54, 1.807) is 6.33 Å². The number of nitrogens with zero attached hydrogens (tertiary/aromatic N) is 3. The lowest BCUT2D eigenvalue weighted by Crippen LogP contribution is -2.31. The van der Waals surface area contributed by atoms with E-state index in [9.17, 15) is 0 Å². The molecule has 0 fully saturated rings. The molecule has 0 aliphatic carbocycles. The fraction of sp³-hybridized carbons (Fsp3) is 0.286. The Morgan fingerprint density at radius 1 is 1.33 bits per heavy atom. The van der Waals surface area contributed by atoms with E-state index in [-0.39, 0.29) is 0 Å². The first kappa shape index (κ1) is 11.9. The van der Waals surface area contributed by atoms with Gasteiger partial charge in [0.15, 0.2) is 0 Å². The van der Waals surface area contributed by atoms with E-state index < -0.39 is 0 Å². The summed E-state index contributed by atoms with van der Waals surface area (Å²) in [5.74, 6) is 1.66. The molecule has 0 amide bonds. The lowest BCUT2D eigenvalue weighted by molar-refractivity contribution is 0.559. The SMILES string of the molecule is CC1Cc2ccccc2N(c2ncncc2I)C1. The Hall–Kier alpha value is -1.17. The minimum atomic E-state index is 0.644. The summed E-state index contributed by atoms with van der Waals surface area (Å²) in [7, 11) is 0. The maximum Gasteiger partial charge on any atom is 0.149 e. The summed E-state index contributed by atoms with van der Waals surface area (Å²) in [5, 5.41) is 0. The second-order valence-electron chi connectivity index (χ2n) is 4.74.